The van der Waals surface area contributed by atoms with Crippen LogP contribution in [0.25, 0.3) is 0 Å². The van der Waals surface area contributed by atoms with Crippen molar-refractivity contribution in [3.63, 3.8) is 0 Å². The zero-order valence-electron chi connectivity index (χ0n) is 12.1. The highest BCUT2D eigenvalue weighted by Crippen LogP contribution is 2.55. The van der Waals surface area contributed by atoms with Gasteiger partial charge in [-0.1, -0.05) is 38.5 Å². The average molecular weight is 264 g/mol. The van der Waals surface area contributed by atoms with E-state index in [1.165, 1.54) is 51.4 Å². The van der Waals surface area contributed by atoms with Crippen LogP contribution in [0.5, 0.6) is 0 Å². The number of hydrogen-bond acceptors (Lipinski definition) is 2. The molecule has 3 rings (SSSR count). The SMILES string of the molecule is O=C(CC1CC1(O)C1CCCCC1)C1CCCCC1. The molecule has 0 aromatic rings. The Hall–Kier alpha value is -0.370. The van der Waals surface area contributed by atoms with E-state index in [1.807, 2.05) is 0 Å². The average Bonchev–Trinajstić information content (AvgIpc) is 3.12. The molecule has 0 bridgehead atoms. The molecule has 0 radical (unpaired) electrons. The van der Waals surface area contributed by atoms with E-state index in [4.69, 9.17) is 0 Å². The molecule has 0 aromatic heterocycles. The van der Waals surface area contributed by atoms with Crippen molar-refractivity contribution in [1.82, 2.24) is 0 Å². The smallest absolute Gasteiger partial charge is 0.136 e. The van der Waals surface area contributed by atoms with Crippen molar-refractivity contribution < 1.29 is 9.90 Å². The molecule has 2 heteroatoms. The minimum Gasteiger partial charge on any atom is -0.389 e. The van der Waals surface area contributed by atoms with Crippen LogP contribution in [0.1, 0.15) is 77.0 Å². The molecule has 0 saturated heterocycles. The Labute approximate surface area is 117 Å². The summed E-state index contributed by atoms with van der Waals surface area (Å²) in [6, 6.07) is 0. The molecular formula is C17H28O2. The van der Waals surface area contributed by atoms with Gasteiger partial charge in [-0.3, -0.25) is 4.79 Å². The molecule has 3 fully saturated rings. The third-order valence-electron chi connectivity index (χ3n) is 5.94. The van der Waals surface area contributed by atoms with Gasteiger partial charge in [0.15, 0.2) is 0 Å². The summed E-state index contributed by atoms with van der Waals surface area (Å²) in [5.74, 6) is 1.57. The van der Waals surface area contributed by atoms with Crippen LogP contribution in [-0.4, -0.2) is 16.5 Å². The van der Waals surface area contributed by atoms with Gasteiger partial charge in [0.05, 0.1) is 5.60 Å². The van der Waals surface area contributed by atoms with Gasteiger partial charge in [0.1, 0.15) is 5.78 Å². The number of carbonyl (C=O) groups is 1. The van der Waals surface area contributed by atoms with Crippen LogP contribution in [0.3, 0.4) is 0 Å². The Morgan fingerprint density at radius 1 is 0.947 bits per heavy atom. The Balaban J connectivity index is 1.50. The van der Waals surface area contributed by atoms with Crippen molar-refractivity contribution in [1.29, 1.82) is 0 Å². The summed E-state index contributed by atoms with van der Waals surface area (Å²) in [7, 11) is 0. The Morgan fingerprint density at radius 2 is 1.53 bits per heavy atom. The summed E-state index contributed by atoms with van der Waals surface area (Å²) < 4.78 is 0. The minimum absolute atomic E-state index is 0.296. The largest absolute Gasteiger partial charge is 0.389 e. The maximum Gasteiger partial charge on any atom is 0.136 e. The maximum absolute atomic E-state index is 12.3. The van der Waals surface area contributed by atoms with Crippen molar-refractivity contribution in [2.45, 2.75) is 82.7 Å². The van der Waals surface area contributed by atoms with Gasteiger partial charge >= 0.3 is 0 Å². The molecule has 2 atom stereocenters. The molecule has 0 aliphatic heterocycles. The number of aliphatic hydroxyl groups is 1. The summed E-state index contributed by atoms with van der Waals surface area (Å²) >= 11 is 0. The molecule has 0 amide bonds. The van der Waals surface area contributed by atoms with Crippen LogP contribution in [-0.2, 0) is 4.79 Å². The van der Waals surface area contributed by atoms with E-state index < -0.39 is 5.60 Å². The van der Waals surface area contributed by atoms with Gasteiger partial charge in [-0.25, -0.2) is 0 Å². The second-order valence-electron chi connectivity index (χ2n) is 7.23. The van der Waals surface area contributed by atoms with Gasteiger partial charge in [0, 0.05) is 12.3 Å². The quantitative estimate of drug-likeness (QED) is 0.837. The summed E-state index contributed by atoms with van der Waals surface area (Å²) in [6.07, 6.45) is 13.8. The van der Waals surface area contributed by atoms with E-state index in [2.05, 4.69) is 0 Å². The van der Waals surface area contributed by atoms with Crippen LogP contribution in [0.15, 0.2) is 0 Å². The summed E-state index contributed by atoms with van der Waals surface area (Å²) in [6.45, 7) is 0. The standard InChI is InChI=1S/C17H28O2/c18-16(13-7-3-1-4-8-13)11-15-12-17(15,19)14-9-5-2-6-10-14/h13-15,19H,1-12H2. The normalized spacial score (nSPS) is 37.2. The fraction of sp³-hybridized carbons (Fsp3) is 0.941. The predicted molar refractivity (Wildman–Crippen MR) is 75.8 cm³/mol. The zero-order valence-corrected chi connectivity index (χ0v) is 12.1. The molecule has 3 saturated carbocycles. The summed E-state index contributed by atoms with van der Waals surface area (Å²) in [5, 5.41) is 10.7. The van der Waals surface area contributed by atoms with Gasteiger partial charge in [0.25, 0.3) is 0 Å². The molecule has 0 aromatic carbocycles. The summed E-state index contributed by atoms with van der Waals surface area (Å²) in [4.78, 5) is 12.3. The molecule has 2 unspecified atom stereocenters. The molecule has 19 heavy (non-hydrogen) atoms. The highest BCUT2D eigenvalue weighted by Gasteiger charge is 2.57. The molecule has 0 heterocycles. The molecule has 3 aliphatic rings. The van der Waals surface area contributed by atoms with Gasteiger partial charge in [-0.15, -0.1) is 0 Å². The number of rotatable bonds is 4. The van der Waals surface area contributed by atoms with E-state index in [1.54, 1.807) is 0 Å². The fourth-order valence-electron chi connectivity index (χ4n) is 4.52. The van der Waals surface area contributed by atoms with Crippen LogP contribution in [0.4, 0.5) is 0 Å². The van der Waals surface area contributed by atoms with Crippen molar-refractivity contribution >= 4 is 5.78 Å². The lowest BCUT2D eigenvalue weighted by atomic mass is 9.81. The first-order chi connectivity index (χ1) is 9.20. The third-order valence-corrected chi connectivity index (χ3v) is 5.94. The molecular weight excluding hydrogens is 236 g/mol. The minimum atomic E-state index is -0.454. The van der Waals surface area contributed by atoms with Crippen molar-refractivity contribution in [3.05, 3.63) is 0 Å². The van der Waals surface area contributed by atoms with Gasteiger partial charge < -0.3 is 5.11 Å². The van der Waals surface area contributed by atoms with Crippen LogP contribution >= 0.6 is 0 Å². The first-order valence-electron chi connectivity index (χ1n) is 8.45. The van der Waals surface area contributed by atoms with Crippen LogP contribution in [0.2, 0.25) is 0 Å². The van der Waals surface area contributed by atoms with E-state index in [0.29, 0.717) is 30.0 Å². The second-order valence-corrected chi connectivity index (χ2v) is 7.23. The van der Waals surface area contributed by atoms with Crippen molar-refractivity contribution in [2.75, 3.05) is 0 Å². The Morgan fingerprint density at radius 3 is 2.16 bits per heavy atom. The zero-order chi connectivity index (χ0) is 13.3. The lowest BCUT2D eigenvalue weighted by molar-refractivity contribution is -0.124. The van der Waals surface area contributed by atoms with Gasteiger partial charge in [-0.2, -0.15) is 0 Å². The fourth-order valence-corrected chi connectivity index (χ4v) is 4.52. The van der Waals surface area contributed by atoms with E-state index in [-0.39, 0.29) is 0 Å². The highest BCUT2D eigenvalue weighted by atomic mass is 16.3. The number of carbonyl (C=O) groups excluding carboxylic acids is 1. The maximum atomic E-state index is 12.3. The van der Waals surface area contributed by atoms with Crippen LogP contribution in [0, 0.1) is 17.8 Å². The second kappa shape index (κ2) is 5.55. The van der Waals surface area contributed by atoms with Crippen molar-refractivity contribution in [2.24, 2.45) is 17.8 Å². The first-order valence-corrected chi connectivity index (χ1v) is 8.45. The molecule has 3 aliphatic carbocycles. The molecule has 0 spiro atoms. The number of Topliss-reactive ketones (excluding diaryl/α,β-unsaturated/α-hetero) is 1. The highest BCUT2D eigenvalue weighted by molar-refractivity contribution is 5.81. The van der Waals surface area contributed by atoms with Crippen molar-refractivity contribution in [3.8, 4) is 0 Å². The third kappa shape index (κ3) is 2.89. The van der Waals surface area contributed by atoms with E-state index in [0.717, 1.165) is 19.3 Å². The lowest BCUT2D eigenvalue weighted by Crippen LogP contribution is -2.28. The topological polar surface area (TPSA) is 37.3 Å². The Kier molecular flexibility index (Phi) is 3.98. The van der Waals surface area contributed by atoms with E-state index >= 15 is 0 Å². The van der Waals surface area contributed by atoms with Gasteiger partial charge in [-0.05, 0) is 43.9 Å². The van der Waals surface area contributed by atoms with E-state index in [9.17, 15) is 9.90 Å². The molecule has 1 N–H and O–H groups in total. The first kappa shape index (κ1) is 13.6. The monoisotopic (exact) mass is 264 g/mol. The Bertz CT molecular complexity index is 326. The molecule has 2 nitrogen and oxygen atoms in total. The predicted octanol–water partition coefficient (Wildman–Crippen LogP) is 3.86. The lowest BCUT2D eigenvalue weighted by Gasteiger charge is -2.28. The summed E-state index contributed by atoms with van der Waals surface area (Å²) in [5.41, 5.74) is -0.454. The number of ketones is 1. The molecule has 108 valence electrons. The van der Waals surface area contributed by atoms with Crippen LogP contribution < -0.4 is 0 Å². The van der Waals surface area contributed by atoms with Gasteiger partial charge in [0.2, 0.25) is 0 Å². The number of hydrogen-bond donors (Lipinski definition) is 1.